The molecule has 1 aromatic rings. The quantitative estimate of drug-likeness (QED) is 0.769. The van der Waals surface area contributed by atoms with Crippen LogP contribution in [0.15, 0.2) is 17.5 Å². The van der Waals surface area contributed by atoms with Crippen LogP contribution in [0.25, 0.3) is 0 Å². The molecule has 0 aliphatic carbocycles. The Bertz CT molecular complexity index is 342. The first-order valence-electron chi connectivity index (χ1n) is 4.44. The molecule has 1 fully saturated rings. The number of thiophene rings is 1. The van der Waals surface area contributed by atoms with Crippen molar-refractivity contribution < 1.29 is 9.53 Å². The standard InChI is InChI=1S/C9H9Cl2NO2S/c10-7(11)8(13)12-3-4-14-9(12)6-2-1-5-15-6/h1-2,5,7,9H,3-4H2. The van der Waals surface area contributed by atoms with Gasteiger partial charge < -0.3 is 9.64 Å². The zero-order valence-corrected chi connectivity index (χ0v) is 10.1. The van der Waals surface area contributed by atoms with Crippen LogP contribution in [0.5, 0.6) is 0 Å². The summed E-state index contributed by atoms with van der Waals surface area (Å²) >= 11 is 12.7. The van der Waals surface area contributed by atoms with Crippen LogP contribution in [-0.4, -0.2) is 28.8 Å². The van der Waals surface area contributed by atoms with E-state index in [0.29, 0.717) is 13.2 Å². The van der Waals surface area contributed by atoms with Crippen molar-refractivity contribution in [3.63, 3.8) is 0 Å². The number of carbonyl (C=O) groups excluding carboxylic acids is 1. The minimum Gasteiger partial charge on any atom is -0.351 e. The van der Waals surface area contributed by atoms with Gasteiger partial charge in [0.05, 0.1) is 11.5 Å². The number of amides is 1. The van der Waals surface area contributed by atoms with Crippen molar-refractivity contribution in [1.82, 2.24) is 4.90 Å². The number of halogens is 2. The topological polar surface area (TPSA) is 29.5 Å². The Balaban J connectivity index is 2.15. The van der Waals surface area contributed by atoms with Gasteiger partial charge in [-0.3, -0.25) is 4.79 Å². The van der Waals surface area contributed by atoms with Crippen molar-refractivity contribution in [2.24, 2.45) is 0 Å². The molecule has 1 atom stereocenters. The number of ether oxygens (including phenoxy) is 1. The van der Waals surface area contributed by atoms with Crippen molar-refractivity contribution in [2.75, 3.05) is 13.2 Å². The lowest BCUT2D eigenvalue weighted by atomic mass is 10.4. The third-order valence-electron chi connectivity index (χ3n) is 2.15. The molecule has 0 bridgehead atoms. The lowest BCUT2D eigenvalue weighted by molar-refractivity contribution is -0.134. The van der Waals surface area contributed by atoms with Crippen molar-refractivity contribution in [3.05, 3.63) is 22.4 Å². The maximum absolute atomic E-state index is 11.6. The Morgan fingerprint density at radius 1 is 1.67 bits per heavy atom. The minimum atomic E-state index is -1.02. The highest BCUT2D eigenvalue weighted by Crippen LogP contribution is 2.31. The Labute approximate surface area is 102 Å². The number of hydrogen-bond acceptors (Lipinski definition) is 3. The number of rotatable bonds is 2. The van der Waals surface area contributed by atoms with Gasteiger partial charge in [0.25, 0.3) is 5.91 Å². The maximum Gasteiger partial charge on any atom is 0.258 e. The van der Waals surface area contributed by atoms with Crippen LogP contribution in [0.3, 0.4) is 0 Å². The van der Waals surface area contributed by atoms with Crippen molar-refractivity contribution in [1.29, 1.82) is 0 Å². The third kappa shape index (κ3) is 2.28. The number of nitrogens with zero attached hydrogens (tertiary/aromatic N) is 1. The van der Waals surface area contributed by atoms with Gasteiger partial charge >= 0.3 is 0 Å². The van der Waals surface area contributed by atoms with Crippen LogP contribution in [0.4, 0.5) is 0 Å². The van der Waals surface area contributed by atoms with Crippen LogP contribution < -0.4 is 0 Å². The molecule has 1 aromatic heterocycles. The zero-order valence-electron chi connectivity index (χ0n) is 7.73. The number of carbonyl (C=O) groups is 1. The summed E-state index contributed by atoms with van der Waals surface area (Å²) in [5.74, 6) is -0.297. The molecule has 0 saturated carbocycles. The van der Waals surface area contributed by atoms with E-state index in [1.54, 1.807) is 16.2 Å². The average Bonchev–Trinajstić information content (AvgIpc) is 2.86. The summed E-state index contributed by atoms with van der Waals surface area (Å²) < 4.78 is 5.48. The molecule has 1 aliphatic rings. The molecule has 6 heteroatoms. The van der Waals surface area contributed by atoms with E-state index in [1.807, 2.05) is 17.5 Å². The fourth-order valence-corrected chi connectivity index (χ4v) is 2.52. The molecule has 1 saturated heterocycles. The van der Waals surface area contributed by atoms with Gasteiger partial charge in [-0.1, -0.05) is 29.3 Å². The summed E-state index contributed by atoms with van der Waals surface area (Å²) in [5, 5.41) is 1.94. The van der Waals surface area contributed by atoms with Crippen LogP contribution >= 0.6 is 34.5 Å². The lowest BCUT2D eigenvalue weighted by Crippen LogP contribution is -2.34. The molecular formula is C9H9Cl2NO2S. The van der Waals surface area contributed by atoms with Crippen LogP contribution in [0.2, 0.25) is 0 Å². The maximum atomic E-state index is 11.6. The van der Waals surface area contributed by atoms with Gasteiger partial charge in [-0.15, -0.1) is 11.3 Å². The lowest BCUT2D eigenvalue weighted by Gasteiger charge is -2.22. The fraction of sp³-hybridized carbons (Fsp3) is 0.444. The molecule has 0 radical (unpaired) electrons. The SMILES string of the molecule is O=C(C(Cl)Cl)N1CCOC1c1cccs1. The number of alkyl halides is 2. The summed E-state index contributed by atoms with van der Waals surface area (Å²) in [6, 6.07) is 3.85. The van der Waals surface area contributed by atoms with Gasteiger partial charge in [0.2, 0.25) is 0 Å². The predicted octanol–water partition coefficient (Wildman–Crippen LogP) is 2.41. The Hall–Kier alpha value is -0.290. The van der Waals surface area contributed by atoms with Crippen molar-refractivity contribution in [3.8, 4) is 0 Å². The Morgan fingerprint density at radius 3 is 3.07 bits per heavy atom. The molecule has 1 amide bonds. The average molecular weight is 266 g/mol. The van der Waals surface area contributed by atoms with E-state index < -0.39 is 4.84 Å². The first-order chi connectivity index (χ1) is 7.20. The third-order valence-corrected chi connectivity index (χ3v) is 3.42. The van der Waals surface area contributed by atoms with E-state index in [2.05, 4.69) is 0 Å². The second-order valence-corrected chi connectivity index (χ2v) is 5.15. The first kappa shape index (κ1) is 11.2. The van der Waals surface area contributed by atoms with E-state index in [1.165, 1.54) is 0 Å². The second kappa shape index (κ2) is 4.70. The molecule has 82 valence electrons. The number of hydrogen-bond donors (Lipinski definition) is 0. The summed E-state index contributed by atoms with van der Waals surface area (Å²) in [6.45, 7) is 1.06. The van der Waals surface area contributed by atoms with E-state index in [0.717, 1.165) is 4.88 Å². The summed E-state index contributed by atoms with van der Waals surface area (Å²) in [7, 11) is 0. The predicted molar refractivity (Wildman–Crippen MR) is 60.2 cm³/mol. The molecule has 15 heavy (non-hydrogen) atoms. The van der Waals surface area contributed by atoms with Gasteiger partial charge in [-0.05, 0) is 11.4 Å². The van der Waals surface area contributed by atoms with E-state index in [4.69, 9.17) is 27.9 Å². The van der Waals surface area contributed by atoms with Crippen molar-refractivity contribution in [2.45, 2.75) is 11.1 Å². The van der Waals surface area contributed by atoms with Gasteiger partial charge in [-0.2, -0.15) is 0 Å². The molecule has 1 unspecified atom stereocenters. The summed E-state index contributed by atoms with van der Waals surface area (Å²) in [5.41, 5.74) is 0. The molecule has 3 nitrogen and oxygen atoms in total. The van der Waals surface area contributed by atoms with Gasteiger partial charge in [-0.25, -0.2) is 0 Å². The van der Waals surface area contributed by atoms with E-state index >= 15 is 0 Å². The summed E-state index contributed by atoms with van der Waals surface area (Å²) in [6.07, 6.45) is -0.322. The molecule has 0 aromatic carbocycles. The zero-order chi connectivity index (χ0) is 10.8. The first-order valence-corrected chi connectivity index (χ1v) is 6.19. The minimum absolute atomic E-state index is 0.297. The molecule has 2 rings (SSSR count). The van der Waals surface area contributed by atoms with Crippen LogP contribution in [-0.2, 0) is 9.53 Å². The van der Waals surface area contributed by atoms with Crippen LogP contribution in [0, 0.1) is 0 Å². The smallest absolute Gasteiger partial charge is 0.258 e. The fourth-order valence-electron chi connectivity index (χ4n) is 1.49. The highest BCUT2D eigenvalue weighted by Gasteiger charge is 2.33. The second-order valence-electron chi connectivity index (χ2n) is 3.07. The van der Waals surface area contributed by atoms with E-state index in [9.17, 15) is 4.79 Å². The highest BCUT2D eigenvalue weighted by molar-refractivity contribution is 7.10. The largest absolute Gasteiger partial charge is 0.351 e. The van der Waals surface area contributed by atoms with Gasteiger partial charge in [0.1, 0.15) is 0 Å². The molecule has 0 spiro atoms. The van der Waals surface area contributed by atoms with E-state index in [-0.39, 0.29) is 12.1 Å². The normalized spacial score (nSPS) is 21.3. The molecular weight excluding hydrogens is 257 g/mol. The monoisotopic (exact) mass is 265 g/mol. The van der Waals surface area contributed by atoms with Crippen LogP contribution in [0.1, 0.15) is 11.1 Å². The molecule has 1 aliphatic heterocycles. The Morgan fingerprint density at radius 2 is 2.47 bits per heavy atom. The summed E-state index contributed by atoms with van der Waals surface area (Å²) in [4.78, 5) is 13.2. The molecule has 0 N–H and O–H groups in total. The molecule has 2 heterocycles. The van der Waals surface area contributed by atoms with Gasteiger partial charge in [0, 0.05) is 6.54 Å². The Kier molecular flexibility index (Phi) is 3.51. The highest BCUT2D eigenvalue weighted by atomic mass is 35.5. The van der Waals surface area contributed by atoms with Gasteiger partial charge in [0.15, 0.2) is 11.1 Å². The van der Waals surface area contributed by atoms with Crippen molar-refractivity contribution >= 4 is 40.4 Å².